The van der Waals surface area contributed by atoms with Gasteiger partial charge in [0, 0.05) is 10.6 Å². The molecule has 0 saturated heterocycles. The van der Waals surface area contributed by atoms with Gasteiger partial charge in [-0.15, -0.1) is 0 Å². The molecule has 0 saturated carbocycles. The zero-order chi connectivity index (χ0) is 18.4. The van der Waals surface area contributed by atoms with Crippen molar-refractivity contribution in [3.63, 3.8) is 0 Å². The first-order chi connectivity index (χ1) is 12.7. The second kappa shape index (κ2) is 8.90. The van der Waals surface area contributed by atoms with Crippen molar-refractivity contribution in [2.24, 2.45) is 5.92 Å². The molecule has 0 heterocycles. The molecule has 2 atom stereocenters. The summed E-state index contributed by atoms with van der Waals surface area (Å²) >= 11 is 5.97. The molecule has 1 N–H and O–H groups in total. The van der Waals surface area contributed by atoms with E-state index in [9.17, 15) is 5.11 Å². The Hall–Kier alpha value is -2.27. The smallest absolute Gasteiger partial charge is 0.0927 e. The molecule has 0 fully saturated rings. The Labute approximate surface area is 160 Å². The number of aliphatic hydroxyl groups excluding tert-OH is 1. The number of fused-ring (bicyclic) bond motifs is 1. The highest BCUT2D eigenvalue weighted by molar-refractivity contribution is 6.30. The molecule has 132 valence electrons. The summed E-state index contributed by atoms with van der Waals surface area (Å²) in [5.74, 6) is 6.56. The first-order valence-corrected chi connectivity index (χ1v) is 9.49. The van der Waals surface area contributed by atoms with Gasteiger partial charge in [-0.05, 0) is 41.0 Å². The Kier molecular flexibility index (Phi) is 6.34. The van der Waals surface area contributed by atoms with Crippen molar-refractivity contribution in [1.29, 1.82) is 0 Å². The van der Waals surface area contributed by atoms with Gasteiger partial charge >= 0.3 is 0 Å². The van der Waals surface area contributed by atoms with Crippen molar-refractivity contribution in [3.05, 3.63) is 82.9 Å². The van der Waals surface area contributed by atoms with E-state index in [2.05, 4.69) is 37.0 Å². The van der Waals surface area contributed by atoms with Crippen molar-refractivity contribution in [2.75, 3.05) is 0 Å². The third-order valence-corrected chi connectivity index (χ3v) is 4.90. The molecule has 3 aromatic carbocycles. The fraction of sp³-hybridized carbons (Fsp3) is 0.250. The molecule has 0 aliphatic heterocycles. The molecule has 0 radical (unpaired) electrons. The minimum atomic E-state index is -0.610. The first-order valence-electron chi connectivity index (χ1n) is 9.12. The van der Waals surface area contributed by atoms with Crippen LogP contribution in [0.4, 0.5) is 0 Å². The summed E-state index contributed by atoms with van der Waals surface area (Å²) in [5.41, 5.74) is 1.87. The van der Waals surface area contributed by atoms with Crippen LogP contribution in [0.1, 0.15) is 43.4 Å². The Balaban J connectivity index is 1.91. The number of rotatable bonds is 5. The number of hydrogen-bond acceptors (Lipinski definition) is 1. The van der Waals surface area contributed by atoms with Gasteiger partial charge in [0.05, 0.1) is 12.0 Å². The molecule has 26 heavy (non-hydrogen) atoms. The van der Waals surface area contributed by atoms with Crippen LogP contribution >= 0.6 is 11.6 Å². The fourth-order valence-corrected chi connectivity index (χ4v) is 3.26. The van der Waals surface area contributed by atoms with Gasteiger partial charge in [0.2, 0.25) is 0 Å². The fourth-order valence-electron chi connectivity index (χ4n) is 3.13. The zero-order valence-electron chi connectivity index (χ0n) is 15.0. The van der Waals surface area contributed by atoms with E-state index in [0.717, 1.165) is 35.8 Å². The maximum atomic E-state index is 10.8. The summed E-state index contributed by atoms with van der Waals surface area (Å²) in [6.45, 7) is 2.16. The second-order valence-electron chi connectivity index (χ2n) is 6.54. The van der Waals surface area contributed by atoms with Gasteiger partial charge in [0.15, 0.2) is 0 Å². The van der Waals surface area contributed by atoms with E-state index in [1.54, 1.807) is 0 Å². The lowest BCUT2D eigenvalue weighted by molar-refractivity contribution is 0.130. The number of halogens is 1. The van der Waals surface area contributed by atoms with Crippen LogP contribution in [0.15, 0.2) is 66.7 Å². The third-order valence-electron chi connectivity index (χ3n) is 4.64. The molecule has 3 aromatic rings. The average molecular weight is 363 g/mol. The minimum absolute atomic E-state index is 0.102. The summed E-state index contributed by atoms with van der Waals surface area (Å²) in [7, 11) is 0. The van der Waals surface area contributed by atoms with E-state index >= 15 is 0 Å². The van der Waals surface area contributed by atoms with Gasteiger partial charge in [0.1, 0.15) is 0 Å². The number of benzene rings is 3. The highest BCUT2D eigenvalue weighted by Crippen LogP contribution is 2.27. The molecule has 0 aliphatic rings. The molecule has 2 unspecified atom stereocenters. The summed E-state index contributed by atoms with van der Waals surface area (Å²) in [5, 5.41) is 13.9. The van der Waals surface area contributed by atoms with Crippen LogP contribution in [0.3, 0.4) is 0 Å². The molecular formula is C24H23ClO. The minimum Gasteiger partial charge on any atom is -0.387 e. The molecule has 0 aromatic heterocycles. The van der Waals surface area contributed by atoms with Crippen molar-refractivity contribution in [3.8, 4) is 11.8 Å². The van der Waals surface area contributed by atoms with Crippen molar-refractivity contribution in [2.45, 2.75) is 32.3 Å². The van der Waals surface area contributed by atoms with Gasteiger partial charge in [-0.3, -0.25) is 0 Å². The van der Waals surface area contributed by atoms with Gasteiger partial charge in [0.25, 0.3) is 0 Å². The highest BCUT2D eigenvalue weighted by atomic mass is 35.5. The summed E-state index contributed by atoms with van der Waals surface area (Å²) < 4.78 is 0. The van der Waals surface area contributed by atoms with E-state index in [-0.39, 0.29) is 5.92 Å². The van der Waals surface area contributed by atoms with Crippen LogP contribution in [0, 0.1) is 17.8 Å². The van der Waals surface area contributed by atoms with Gasteiger partial charge in [-0.1, -0.05) is 91.7 Å². The second-order valence-corrected chi connectivity index (χ2v) is 6.98. The van der Waals surface area contributed by atoms with Crippen molar-refractivity contribution in [1.82, 2.24) is 0 Å². The molecular weight excluding hydrogens is 340 g/mol. The summed E-state index contributed by atoms with van der Waals surface area (Å²) in [6, 6.07) is 21.8. The van der Waals surface area contributed by atoms with Crippen LogP contribution < -0.4 is 0 Å². The van der Waals surface area contributed by atoms with E-state index < -0.39 is 6.10 Å². The van der Waals surface area contributed by atoms with E-state index in [1.165, 1.54) is 5.39 Å². The maximum absolute atomic E-state index is 10.8. The Morgan fingerprint density at radius 2 is 1.69 bits per heavy atom. The topological polar surface area (TPSA) is 20.2 Å². The highest BCUT2D eigenvalue weighted by Gasteiger charge is 2.18. The third kappa shape index (κ3) is 4.47. The Morgan fingerprint density at radius 1 is 0.962 bits per heavy atom. The number of aliphatic hydroxyl groups is 1. The molecule has 0 bridgehead atoms. The lowest BCUT2D eigenvalue weighted by Crippen LogP contribution is -2.11. The Bertz CT molecular complexity index is 913. The van der Waals surface area contributed by atoms with Crippen LogP contribution in [-0.2, 0) is 0 Å². The number of hydrogen-bond donors (Lipinski definition) is 1. The molecule has 0 amide bonds. The molecule has 3 rings (SSSR count). The summed E-state index contributed by atoms with van der Waals surface area (Å²) in [4.78, 5) is 0. The van der Waals surface area contributed by atoms with Crippen LogP contribution in [0.2, 0.25) is 5.02 Å². The molecule has 2 heteroatoms. The van der Waals surface area contributed by atoms with Gasteiger partial charge in [-0.25, -0.2) is 0 Å². The maximum Gasteiger partial charge on any atom is 0.0927 e. The van der Waals surface area contributed by atoms with E-state index in [4.69, 9.17) is 11.6 Å². The standard InChI is InChI=1S/C24H23ClO/c1-2-3-7-20(24(26)21-14-16-22(25)17-15-21)13-12-19-10-6-9-18-8-4-5-11-23(18)19/h4-6,8-11,14-17,20,24,26H,2-3,7H2,1H3. The Morgan fingerprint density at radius 3 is 2.46 bits per heavy atom. The lowest BCUT2D eigenvalue weighted by atomic mass is 9.91. The molecule has 0 aliphatic carbocycles. The van der Waals surface area contributed by atoms with Crippen molar-refractivity contribution >= 4 is 22.4 Å². The zero-order valence-corrected chi connectivity index (χ0v) is 15.7. The normalized spacial score (nSPS) is 13.0. The molecule has 1 nitrogen and oxygen atoms in total. The first kappa shape index (κ1) is 18.5. The van der Waals surface area contributed by atoms with Crippen molar-refractivity contribution < 1.29 is 5.11 Å². The average Bonchev–Trinajstić information content (AvgIpc) is 2.68. The van der Waals surface area contributed by atoms with E-state index in [0.29, 0.717) is 5.02 Å². The SMILES string of the molecule is CCCCC(C#Cc1cccc2ccccc12)C(O)c1ccc(Cl)cc1. The predicted molar refractivity (Wildman–Crippen MR) is 110 cm³/mol. The quantitative estimate of drug-likeness (QED) is 0.522. The van der Waals surface area contributed by atoms with E-state index in [1.807, 2.05) is 48.5 Å². The molecule has 0 spiro atoms. The van der Waals surface area contributed by atoms with Crippen LogP contribution in [0.25, 0.3) is 10.8 Å². The van der Waals surface area contributed by atoms with Crippen LogP contribution in [-0.4, -0.2) is 5.11 Å². The summed E-state index contributed by atoms with van der Waals surface area (Å²) in [6.07, 6.45) is 2.39. The van der Waals surface area contributed by atoms with Gasteiger partial charge < -0.3 is 5.11 Å². The largest absolute Gasteiger partial charge is 0.387 e. The number of unbranched alkanes of at least 4 members (excludes halogenated alkanes) is 1. The van der Waals surface area contributed by atoms with Crippen LogP contribution in [0.5, 0.6) is 0 Å². The van der Waals surface area contributed by atoms with Gasteiger partial charge in [-0.2, -0.15) is 0 Å². The predicted octanol–water partition coefficient (Wildman–Crippen LogP) is 6.38. The lowest BCUT2D eigenvalue weighted by Gasteiger charge is -2.18. The monoisotopic (exact) mass is 362 g/mol.